The maximum absolute atomic E-state index is 14.1. The fraction of sp³-hybridized carbons (Fsp3) is 0.639. The number of H-pyrrole nitrogens is 1. The molecule has 2 unspecified atom stereocenters. The van der Waals surface area contributed by atoms with E-state index in [4.69, 9.17) is 4.74 Å². The second-order valence-electron chi connectivity index (χ2n) is 13.9. The van der Waals surface area contributed by atoms with Crippen LogP contribution < -0.4 is 26.0 Å². The zero-order valence-electron chi connectivity index (χ0n) is 28.0. The van der Waals surface area contributed by atoms with Gasteiger partial charge in [-0.3, -0.25) is 24.0 Å². The van der Waals surface area contributed by atoms with Crippen LogP contribution in [0.4, 0.5) is 0 Å². The molecule has 256 valence electrons. The van der Waals surface area contributed by atoms with Gasteiger partial charge in [0.2, 0.25) is 17.6 Å². The lowest BCUT2D eigenvalue weighted by Crippen LogP contribution is -2.55. The van der Waals surface area contributed by atoms with Crippen molar-refractivity contribution in [1.29, 1.82) is 0 Å². The van der Waals surface area contributed by atoms with Crippen LogP contribution in [0.1, 0.15) is 114 Å². The summed E-state index contributed by atoms with van der Waals surface area (Å²) in [6.07, 6.45) is 11.2. The van der Waals surface area contributed by atoms with Crippen molar-refractivity contribution >= 4 is 40.3 Å². The maximum Gasteiger partial charge on any atom is 0.289 e. The van der Waals surface area contributed by atoms with Gasteiger partial charge in [0.05, 0.1) is 13.2 Å². The Hall–Kier alpha value is -3.89. The SMILES string of the molecule is CCCC1(CCC)CC(CC(NC(=O)[C@H](CC2CCCCC2)NC(=O)c2cc3c(OC)cccc3[nH]2)C(=O)C(=O)NC2CC2)C(=O)N1. The normalized spacial score (nSPS) is 20.7. The molecule has 2 aliphatic carbocycles. The van der Waals surface area contributed by atoms with Crippen LogP contribution >= 0.6 is 0 Å². The van der Waals surface area contributed by atoms with Gasteiger partial charge >= 0.3 is 0 Å². The summed E-state index contributed by atoms with van der Waals surface area (Å²) in [5.74, 6) is -2.30. The number of methoxy groups -OCH3 is 1. The quantitative estimate of drug-likeness (QED) is 0.169. The first-order chi connectivity index (χ1) is 22.6. The van der Waals surface area contributed by atoms with Crippen LogP contribution in [0.2, 0.25) is 0 Å². The standard InChI is InChI=1S/C36H51N5O6/c1-4-16-36(17-5-2)21-23(32(43)41-36)19-27(31(42)35(46)37-24-14-15-24)39-33(44)28(18-22-10-7-6-8-11-22)40-34(45)29-20-25-26(38-29)12-9-13-30(25)47-3/h9,12-13,20,22-24,27-28,38H,4-8,10-11,14-19,21H2,1-3H3,(H,37,46)(H,39,44)(H,40,45)(H,41,43)/t23?,27?,28-/m0/s1. The van der Waals surface area contributed by atoms with Crippen LogP contribution in [0.3, 0.4) is 0 Å². The van der Waals surface area contributed by atoms with E-state index in [2.05, 4.69) is 40.1 Å². The molecule has 47 heavy (non-hydrogen) atoms. The molecule has 3 fully saturated rings. The van der Waals surface area contributed by atoms with E-state index >= 15 is 0 Å². The molecule has 0 radical (unpaired) electrons. The van der Waals surface area contributed by atoms with Crippen molar-refractivity contribution in [2.45, 2.75) is 127 Å². The molecule has 2 heterocycles. The Morgan fingerprint density at radius 1 is 0.957 bits per heavy atom. The Morgan fingerprint density at radius 3 is 2.34 bits per heavy atom. The number of aromatic amines is 1. The number of nitrogens with one attached hydrogen (secondary N) is 5. The molecule has 4 amide bonds. The molecule has 11 heteroatoms. The Morgan fingerprint density at radius 2 is 1.68 bits per heavy atom. The number of carbonyl (C=O) groups is 5. The number of carbonyl (C=O) groups excluding carboxylic acids is 5. The van der Waals surface area contributed by atoms with Gasteiger partial charge in [-0.1, -0.05) is 64.9 Å². The molecule has 2 aromatic rings. The largest absolute Gasteiger partial charge is 0.496 e. The van der Waals surface area contributed by atoms with Crippen molar-refractivity contribution in [1.82, 2.24) is 26.3 Å². The number of benzene rings is 1. The van der Waals surface area contributed by atoms with Gasteiger partial charge < -0.3 is 31.0 Å². The third-order valence-corrected chi connectivity index (χ3v) is 10.1. The summed E-state index contributed by atoms with van der Waals surface area (Å²) in [6, 6.07) is 5.02. The molecule has 1 aromatic heterocycles. The highest BCUT2D eigenvalue weighted by atomic mass is 16.5. The number of ether oxygens (including phenoxy) is 1. The second kappa shape index (κ2) is 15.3. The van der Waals surface area contributed by atoms with Crippen LogP contribution in [-0.4, -0.2) is 65.2 Å². The van der Waals surface area contributed by atoms with Gasteiger partial charge in [-0.05, 0) is 69.1 Å². The van der Waals surface area contributed by atoms with E-state index in [-0.39, 0.29) is 35.5 Å². The highest BCUT2D eigenvalue weighted by molar-refractivity contribution is 6.38. The summed E-state index contributed by atoms with van der Waals surface area (Å²) in [7, 11) is 1.57. The first kappa shape index (κ1) is 34.4. The number of rotatable bonds is 16. The zero-order valence-corrected chi connectivity index (χ0v) is 28.0. The lowest BCUT2D eigenvalue weighted by atomic mass is 9.82. The Labute approximate surface area is 277 Å². The number of aromatic nitrogens is 1. The van der Waals surface area contributed by atoms with E-state index in [1.165, 1.54) is 0 Å². The number of ketones is 1. The summed E-state index contributed by atoms with van der Waals surface area (Å²) in [4.78, 5) is 70.6. The molecule has 5 N–H and O–H groups in total. The second-order valence-corrected chi connectivity index (χ2v) is 13.9. The van der Waals surface area contributed by atoms with E-state index in [9.17, 15) is 24.0 Å². The minimum absolute atomic E-state index is 0.0234. The topological polar surface area (TPSA) is 158 Å². The predicted molar refractivity (Wildman–Crippen MR) is 179 cm³/mol. The number of fused-ring (bicyclic) bond motifs is 1. The Balaban J connectivity index is 1.36. The summed E-state index contributed by atoms with van der Waals surface area (Å²) < 4.78 is 5.45. The van der Waals surface area contributed by atoms with Crippen molar-refractivity contribution in [3.8, 4) is 5.75 Å². The van der Waals surface area contributed by atoms with Gasteiger partial charge in [-0.2, -0.15) is 0 Å². The van der Waals surface area contributed by atoms with Crippen molar-refractivity contribution in [3.63, 3.8) is 0 Å². The average molecular weight is 650 g/mol. The van der Waals surface area contributed by atoms with Crippen molar-refractivity contribution in [3.05, 3.63) is 30.0 Å². The molecule has 3 aliphatic rings. The third kappa shape index (κ3) is 8.53. The van der Waals surface area contributed by atoms with Crippen molar-refractivity contribution in [2.24, 2.45) is 11.8 Å². The van der Waals surface area contributed by atoms with E-state index in [0.29, 0.717) is 18.6 Å². The van der Waals surface area contributed by atoms with Gasteiger partial charge in [0.25, 0.3) is 11.8 Å². The van der Waals surface area contributed by atoms with Crippen LogP contribution in [0.15, 0.2) is 24.3 Å². The third-order valence-electron chi connectivity index (χ3n) is 10.1. The van der Waals surface area contributed by atoms with Crippen LogP contribution in [0.5, 0.6) is 5.75 Å². The molecular formula is C36H51N5O6. The number of hydrogen-bond donors (Lipinski definition) is 5. The van der Waals surface area contributed by atoms with Crippen LogP contribution in [0, 0.1) is 11.8 Å². The zero-order chi connectivity index (χ0) is 33.6. The van der Waals surface area contributed by atoms with E-state index < -0.39 is 41.5 Å². The smallest absolute Gasteiger partial charge is 0.289 e. The maximum atomic E-state index is 14.1. The van der Waals surface area contributed by atoms with Gasteiger partial charge in [-0.15, -0.1) is 0 Å². The molecule has 2 saturated carbocycles. The van der Waals surface area contributed by atoms with E-state index in [1.54, 1.807) is 13.2 Å². The van der Waals surface area contributed by atoms with Gasteiger partial charge in [0.1, 0.15) is 17.5 Å². The van der Waals surface area contributed by atoms with Crippen molar-refractivity contribution in [2.75, 3.05) is 7.11 Å². The minimum atomic E-state index is -1.20. The van der Waals surface area contributed by atoms with Crippen LogP contribution in [-0.2, 0) is 19.2 Å². The average Bonchev–Trinajstić information content (AvgIpc) is 3.67. The fourth-order valence-electron chi connectivity index (χ4n) is 7.66. The summed E-state index contributed by atoms with van der Waals surface area (Å²) in [5, 5.41) is 12.5. The van der Waals surface area contributed by atoms with E-state index in [1.807, 2.05) is 18.2 Å². The molecule has 1 saturated heterocycles. The molecule has 5 rings (SSSR count). The first-order valence-electron chi connectivity index (χ1n) is 17.6. The number of amides is 4. The van der Waals surface area contributed by atoms with Gasteiger partial charge in [0, 0.05) is 28.4 Å². The van der Waals surface area contributed by atoms with E-state index in [0.717, 1.165) is 81.5 Å². The summed E-state index contributed by atoms with van der Waals surface area (Å²) >= 11 is 0. The predicted octanol–water partition coefficient (Wildman–Crippen LogP) is 4.44. The number of hydrogen-bond acceptors (Lipinski definition) is 6. The monoisotopic (exact) mass is 649 g/mol. The highest BCUT2D eigenvalue weighted by Crippen LogP contribution is 2.36. The fourth-order valence-corrected chi connectivity index (χ4v) is 7.66. The highest BCUT2D eigenvalue weighted by Gasteiger charge is 2.45. The molecule has 3 atom stereocenters. The Kier molecular flexibility index (Phi) is 11.2. The minimum Gasteiger partial charge on any atom is -0.496 e. The molecule has 11 nitrogen and oxygen atoms in total. The lowest BCUT2D eigenvalue weighted by molar-refractivity contribution is -0.141. The first-order valence-corrected chi connectivity index (χ1v) is 17.6. The number of Topliss-reactive ketones (excluding diaryl/α,β-unsaturated/α-hetero) is 1. The van der Waals surface area contributed by atoms with Gasteiger partial charge in [0.15, 0.2) is 0 Å². The molecule has 1 aliphatic heterocycles. The van der Waals surface area contributed by atoms with Crippen LogP contribution in [0.25, 0.3) is 10.9 Å². The lowest BCUT2D eigenvalue weighted by Gasteiger charge is -2.29. The molecule has 0 bridgehead atoms. The molecular weight excluding hydrogens is 598 g/mol. The van der Waals surface area contributed by atoms with Gasteiger partial charge in [-0.25, -0.2) is 0 Å². The summed E-state index contributed by atoms with van der Waals surface area (Å²) in [5.41, 5.74) is 0.666. The summed E-state index contributed by atoms with van der Waals surface area (Å²) in [6.45, 7) is 4.16. The Bertz CT molecular complexity index is 1450. The molecule has 0 spiro atoms. The van der Waals surface area contributed by atoms with Crippen molar-refractivity contribution < 1.29 is 28.7 Å². The molecule has 1 aromatic carbocycles.